The zero-order valence-corrected chi connectivity index (χ0v) is 12.2. The lowest BCUT2D eigenvalue weighted by atomic mass is 10.3. The summed E-state index contributed by atoms with van der Waals surface area (Å²) in [6.07, 6.45) is 1.38. The lowest BCUT2D eigenvalue weighted by molar-refractivity contribution is 0.0601. The Morgan fingerprint density at radius 3 is 2.70 bits per heavy atom. The number of esters is 1. The first kappa shape index (κ1) is 14.6. The van der Waals surface area contributed by atoms with Crippen LogP contribution in [0.5, 0.6) is 0 Å². The van der Waals surface area contributed by atoms with Crippen LogP contribution in [-0.4, -0.2) is 23.0 Å². The van der Waals surface area contributed by atoms with E-state index in [1.54, 1.807) is 11.8 Å². The summed E-state index contributed by atoms with van der Waals surface area (Å²) in [7, 11) is 1.28. The van der Waals surface area contributed by atoms with E-state index in [2.05, 4.69) is 14.7 Å². The molecule has 0 aliphatic heterocycles. The largest absolute Gasteiger partial charge is 0.465 e. The molecule has 5 nitrogen and oxygen atoms in total. The van der Waals surface area contributed by atoms with Crippen LogP contribution in [0.15, 0.2) is 35.4 Å². The summed E-state index contributed by atoms with van der Waals surface area (Å²) in [5, 5.41) is 0.692. The molecule has 1 aromatic heterocycles. The van der Waals surface area contributed by atoms with Gasteiger partial charge in [-0.05, 0) is 24.3 Å². The van der Waals surface area contributed by atoms with E-state index in [9.17, 15) is 4.79 Å². The smallest absolute Gasteiger partial charge is 0.343 e. The van der Waals surface area contributed by atoms with Gasteiger partial charge in [0.15, 0.2) is 0 Å². The number of hydrogen-bond acceptors (Lipinski definition) is 6. The minimum Gasteiger partial charge on any atom is -0.465 e. The molecule has 0 spiro atoms. The molecule has 20 heavy (non-hydrogen) atoms. The molecule has 0 amide bonds. The van der Waals surface area contributed by atoms with Crippen molar-refractivity contribution in [2.45, 2.75) is 10.6 Å². The summed E-state index contributed by atoms with van der Waals surface area (Å²) >= 11 is 7.37. The van der Waals surface area contributed by atoms with E-state index in [0.29, 0.717) is 16.6 Å². The monoisotopic (exact) mass is 309 g/mol. The number of anilines is 1. The minimum absolute atomic E-state index is 0.124. The van der Waals surface area contributed by atoms with E-state index in [4.69, 9.17) is 17.3 Å². The molecular weight excluding hydrogens is 298 g/mol. The zero-order chi connectivity index (χ0) is 14.5. The number of methoxy groups -OCH3 is 1. The summed E-state index contributed by atoms with van der Waals surface area (Å²) in [6.45, 7) is 0. The Hall–Kier alpha value is -1.79. The van der Waals surface area contributed by atoms with Gasteiger partial charge in [0.05, 0.1) is 12.9 Å². The number of hydrogen-bond donors (Lipinski definition) is 1. The zero-order valence-electron chi connectivity index (χ0n) is 10.7. The molecule has 2 N–H and O–H groups in total. The van der Waals surface area contributed by atoms with Crippen LogP contribution in [0.25, 0.3) is 0 Å². The maximum atomic E-state index is 11.4. The molecule has 2 rings (SSSR count). The van der Waals surface area contributed by atoms with Gasteiger partial charge in [-0.2, -0.15) is 0 Å². The summed E-state index contributed by atoms with van der Waals surface area (Å²) in [5.41, 5.74) is 5.88. The Labute approximate surface area is 125 Å². The number of halogens is 1. The predicted molar refractivity (Wildman–Crippen MR) is 78.8 cm³/mol. The summed E-state index contributed by atoms with van der Waals surface area (Å²) < 4.78 is 4.58. The number of benzene rings is 1. The van der Waals surface area contributed by atoms with Crippen LogP contribution in [0, 0.1) is 0 Å². The Kier molecular flexibility index (Phi) is 4.81. The molecule has 0 saturated heterocycles. The number of carbonyl (C=O) groups is 1. The molecule has 0 unspecified atom stereocenters. The third-order valence-electron chi connectivity index (χ3n) is 2.46. The Morgan fingerprint density at radius 1 is 1.40 bits per heavy atom. The Morgan fingerprint density at radius 2 is 2.10 bits per heavy atom. The molecule has 0 fully saturated rings. The highest BCUT2D eigenvalue weighted by molar-refractivity contribution is 7.98. The van der Waals surface area contributed by atoms with Gasteiger partial charge < -0.3 is 10.5 Å². The van der Waals surface area contributed by atoms with Crippen molar-refractivity contribution in [1.29, 1.82) is 0 Å². The predicted octanol–water partition coefficient (Wildman–Crippen LogP) is 2.79. The SMILES string of the molecule is COC(=O)c1cnc(CSc2ccc(Cl)cc2)nc1N. The van der Waals surface area contributed by atoms with Crippen LogP contribution in [0.4, 0.5) is 5.82 Å². The fraction of sp³-hybridized carbons (Fsp3) is 0.154. The number of thioether (sulfide) groups is 1. The topological polar surface area (TPSA) is 78.1 Å². The number of nitrogens with zero attached hydrogens (tertiary/aromatic N) is 2. The van der Waals surface area contributed by atoms with Crippen molar-refractivity contribution in [3.8, 4) is 0 Å². The van der Waals surface area contributed by atoms with E-state index in [0.717, 1.165) is 4.90 Å². The Balaban J connectivity index is 2.05. The van der Waals surface area contributed by atoms with Crippen molar-refractivity contribution in [3.05, 3.63) is 46.9 Å². The van der Waals surface area contributed by atoms with E-state index in [1.807, 2.05) is 24.3 Å². The van der Waals surface area contributed by atoms with Crippen LogP contribution in [-0.2, 0) is 10.5 Å². The van der Waals surface area contributed by atoms with E-state index < -0.39 is 5.97 Å². The van der Waals surface area contributed by atoms with E-state index >= 15 is 0 Å². The third kappa shape index (κ3) is 3.61. The first-order chi connectivity index (χ1) is 9.60. The van der Waals surface area contributed by atoms with Gasteiger partial charge in [0.25, 0.3) is 0 Å². The first-order valence-electron chi connectivity index (χ1n) is 5.68. The molecule has 104 valence electrons. The highest BCUT2D eigenvalue weighted by Gasteiger charge is 2.12. The molecular formula is C13H12ClN3O2S. The number of nitrogen functional groups attached to an aromatic ring is 1. The van der Waals surface area contributed by atoms with Crippen molar-refractivity contribution in [3.63, 3.8) is 0 Å². The first-order valence-corrected chi connectivity index (χ1v) is 7.04. The second kappa shape index (κ2) is 6.58. The van der Waals surface area contributed by atoms with E-state index in [-0.39, 0.29) is 11.4 Å². The number of carbonyl (C=O) groups excluding carboxylic acids is 1. The van der Waals surface area contributed by atoms with Crippen molar-refractivity contribution in [1.82, 2.24) is 9.97 Å². The molecule has 2 aromatic rings. The highest BCUT2D eigenvalue weighted by atomic mass is 35.5. The maximum Gasteiger partial charge on any atom is 0.343 e. The van der Waals surface area contributed by atoms with Crippen molar-refractivity contribution in [2.24, 2.45) is 0 Å². The lowest BCUT2D eigenvalue weighted by Crippen LogP contribution is -2.09. The molecule has 7 heteroatoms. The fourth-order valence-electron chi connectivity index (χ4n) is 1.45. The van der Waals surface area contributed by atoms with Crippen LogP contribution < -0.4 is 5.73 Å². The third-order valence-corrected chi connectivity index (χ3v) is 3.72. The average molecular weight is 310 g/mol. The number of aromatic nitrogens is 2. The average Bonchev–Trinajstić information content (AvgIpc) is 2.46. The van der Waals surface area contributed by atoms with E-state index in [1.165, 1.54) is 13.3 Å². The molecule has 0 atom stereocenters. The van der Waals surface area contributed by atoms with Crippen molar-refractivity contribution < 1.29 is 9.53 Å². The number of rotatable bonds is 4. The quantitative estimate of drug-likeness (QED) is 0.691. The molecule has 0 aliphatic carbocycles. The van der Waals surface area contributed by atoms with Crippen LogP contribution in [0.2, 0.25) is 5.02 Å². The summed E-state index contributed by atoms with van der Waals surface area (Å²) in [4.78, 5) is 20.6. The van der Waals surface area contributed by atoms with Gasteiger partial charge in [-0.15, -0.1) is 11.8 Å². The van der Waals surface area contributed by atoms with Gasteiger partial charge in [-0.3, -0.25) is 0 Å². The maximum absolute atomic E-state index is 11.4. The van der Waals surface area contributed by atoms with Crippen LogP contribution in [0.1, 0.15) is 16.2 Å². The summed E-state index contributed by atoms with van der Waals surface area (Å²) in [6, 6.07) is 7.47. The molecule has 0 radical (unpaired) electrons. The highest BCUT2D eigenvalue weighted by Crippen LogP contribution is 2.23. The van der Waals surface area contributed by atoms with Gasteiger partial charge in [0.2, 0.25) is 0 Å². The Bertz CT molecular complexity index is 620. The van der Waals surface area contributed by atoms with Gasteiger partial charge in [0, 0.05) is 16.1 Å². The second-order valence-corrected chi connectivity index (χ2v) is 5.30. The van der Waals surface area contributed by atoms with Gasteiger partial charge in [-0.25, -0.2) is 14.8 Å². The second-order valence-electron chi connectivity index (χ2n) is 3.82. The van der Waals surface area contributed by atoms with Crippen molar-refractivity contribution >= 4 is 35.1 Å². The van der Waals surface area contributed by atoms with Crippen molar-refractivity contribution in [2.75, 3.05) is 12.8 Å². The van der Waals surface area contributed by atoms with Gasteiger partial charge in [-0.1, -0.05) is 11.6 Å². The molecule has 0 saturated carbocycles. The lowest BCUT2D eigenvalue weighted by Gasteiger charge is -2.05. The molecule has 0 aliphatic rings. The number of ether oxygens (including phenoxy) is 1. The molecule has 1 heterocycles. The summed E-state index contributed by atoms with van der Waals surface area (Å²) in [5.74, 6) is 0.681. The van der Waals surface area contributed by atoms with Crippen LogP contribution >= 0.6 is 23.4 Å². The van der Waals surface area contributed by atoms with Gasteiger partial charge in [0.1, 0.15) is 17.2 Å². The molecule has 0 bridgehead atoms. The fourth-order valence-corrected chi connectivity index (χ4v) is 2.34. The number of nitrogens with two attached hydrogens (primary N) is 1. The normalized spacial score (nSPS) is 10.3. The van der Waals surface area contributed by atoms with Gasteiger partial charge >= 0.3 is 5.97 Å². The molecule has 1 aromatic carbocycles. The standard InChI is InChI=1S/C13H12ClN3O2S/c1-19-13(18)10-6-16-11(17-12(10)15)7-20-9-4-2-8(14)3-5-9/h2-6H,7H2,1H3,(H2,15,16,17). The minimum atomic E-state index is -0.542. The van der Waals surface area contributed by atoms with Crippen LogP contribution in [0.3, 0.4) is 0 Å².